The molecule has 0 atom stereocenters. The van der Waals surface area contributed by atoms with E-state index >= 15 is 0 Å². The molecule has 0 fully saturated rings. The van der Waals surface area contributed by atoms with E-state index in [1.54, 1.807) is 25.1 Å². The number of halogens is 4. The van der Waals surface area contributed by atoms with E-state index in [9.17, 15) is 18.0 Å². The van der Waals surface area contributed by atoms with Crippen LogP contribution in [0.3, 0.4) is 0 Å². The van der Waals surface area contributed by atoms with Crippen LogP contribution in [0, 0.1) is 10.5 Å². The second-order valence-electron chi connectivity index (χ2n) is 5.51. The minimum atomic E-state index is -4.49. The first-order valence-electron chi connectivity index (χ1n) is 7.50. The van der Waals surface area contributed by atoms with E-state index in [4.69, 9.17) is 4.74 Å². The zero-order valence-electron chi connectivity index (χ0n) is 13.7. The molecular weight excluding hydrogens is 446 g/mol. The van der Waals surface area contributed by atoms with Crippen LogP contribution < -0.4 is 10.1 Å². The summed E-state index contributed by atoms with van der Waals surface area (Å²) in [7, 11) is 1.54. The molecule has 0 aromatic heterocycles. The highest BCUT2D eigenvalue weighted by Gasteiger charge is 2.34. The van der Waals surface area contributed by atoms with Crippen molar-refractivity contribution in [2.24, 2.45) is 0 Å². The van der Waals surface area contributed by atoms with Gasteiger partial charge in [-0.05, 0) is 53.3 Å². The van der Waals surface area contributed by atoms with Crippen LogP contribution in [0.2, 0.25) is 0 Å². The van der Waals surface area contributed by atoms with Gasteiger partial charge < -0.3 is 10.1 Å². The third kappa shape index (κ3) is 5.10. The first-order chi connectivity index (χ1) is 11.7. The molecule has 0 heterocycles. The zero-order chi connectivity index (χ0) is 18.6. The van der Waals surface area contributed by atoms with Crippen LogP contribution >= 0.6 is 22.6 Å². The maximum absolute atomic E-state index is 13.2. The third-order valence-corrected chi connectivity index (χ3v) is 4.67. The number of hydrogen-bond acceptors (Lipinski definition) is 2. The lowest BCUT2D eigenvalue weighted by molar-refractivity contribution is -0.139. The average molecular weight is 463 g/mol. The minimum Gasteiger partial charge on any atom is -0.488 e. The molecule has 1 N–H and O–H groups in total. The van der Waals surface area contributed by atoms with Crippen LogP contribution in [-0.2, 0) is 24.0 Å². The fraction of sp³-hybridized carbons (Fsp3) is 0.278. The number of hydrogen-bond donors (Lipinski definition) is 1. The second-order valence-corrected chi connectivity index (χ2v) is 6.68. The van der Waals surface area contributed by atoms with Gasteiger partial charge in [0.25, 0.3) is 0 Å². The molecule has 0 aliphatic carbocycles. The molecule has 0 bridgehead atoms. The molecule has 1 amide bonds. The summed E-state index contributed by atoms with van der Waals surface area (Å²) in [6.45, 7) is 1.55. The van der Waals surface area contributed by atoms with Gasteiger partial charge in [0.05, 0.1) is 12.0 Å². The first-order valence-corrected chi connectivity index (χ1v) is 8.57. The number of carbonyl (C=O) groups excluding carboxylic acids is 1. The van der Waals surface area contributed by atoms with E-state index < -0.39 is 11.7 Å². The van der Waals surface area contributed by atoms with Crippen LogP contribution in [0.15, 0.2) is 36.4 Å². The standard InChI is InChI=1S/C18H17F3INO2/c1-11-6-7-16(14(8-11)18(19,20)21)25-10-13-12(9-17(24)23-2)4-3-5-15(13)22/h3-8H,9-10H2,1-2H3,(H,23,24). The maximum atomic E-state index is 13.2. The largest absolute Gasteiger partial charge is 0.488 e. The topological polar surface area (TPSA) is 38.3 Å². The summed E-state index contributed by atoms with van der Waals surface area (Å²) in [5.74, 6) is -0.391. The van der Waals surface area contributed by atoms with Crippen molar-refractivity contribution in [2.75, 3.05) is 7.05 Å². The molecule has 0 aliphatic rings. The van der Waals surface area contributed by atoms with Crippen molar-refractivity contribution < 1.29 is 22.7 Å². The summed E-state index contributed by atoms with van der Waals surface area (Å²) in [5, 5.41) is 2.54. The third-order valence-electron chi connectivity index (χ3n) is 3.66. The molecular formula is C18H17F3INO2. The van der Waals surface area contributed by atoms with Crippen LogP contribution in [0.25, 0.3) is 0 Å². The van der Waals surface area contributed by atoms with Crippen molar-refractivity contribution in [3.63, 3.8) is 0 Å². The molecule has 25 heavy (non-hydrogen) atoms. The van der Waals surface area contributed by atoms with Crippen LogP contribution in [0.5, 0.6) is 5.75 Å². The van der Waals surface area contributed by atoms with Gasteiger partial charge in [0.2, 0.25) is 5.91 Å². The molecule has 0 unspecified atom stereocenters. The van der Waals surface area contributed by atoms with E-state index in [1.165, 1.54) is 13.1 Å². The van der Waals surface area contributed by atoms with Gasteiger partial charge in [-0.2, -0.15) is 13.2 Å². The normalized spacial score (nSPS) is 11.3. The van der Waals surface area contributed by atoms with Gasteiger partial charge >= 0.3 is 6.18 Å². The Hall–Kier alpha value is -1.77. The number of benzene rings is 2. The Bertz CT molecular complexity index is 775. The Morgan fingerprint density at radius 1 is 1.24 bits per heavy atom. The van der Waals surface area contributed by atoms with Gasteiger partial charge in [-0.15, -0.1) is 0 Å². The van der Waals surface area contributed by atoms with Gasteiger partial charge in [-0.3, -0.25) is 4.79 Å². The van der Waals surface area contributed by atoms with Crippen LogP contribution in [0.4, 0.5) is 13.2 Å². The highest BCUT2D eigenvalue weighted by molar-refractivity contribution is 14.1. The van der Waals surface area contributed by atoms with Gasteiger partial charge in [-0.25, -0.2) is 0 Å². The minimum absolute atomic E-state index is 0.0441. The number of aryl methyl sites for hydroxylation is 1. The smallest absolute Gasteiger partial charge is 0.419 e. The molecule has 0 saturated carbocycles. The predicted molar refractivity (Wildman–Crippen MR) is 97.4 cm³/mol. The molecule has 2 rings (SSSR count). The number of alkyl halides is 3. The molecule has 134 valence electrons. The Balaban J connectivity index is 2.29. The first kappa shape index (κ1) is 19.6. The Kier molecular flexibility index (Phi) is 6.31. The lowest BCUT2D eigenvalue weighted by Gasteiger charge is -2.17. The molecule has 2 aromatic rings. The number of nitrogens with one attached hydrogen (secondary N) is 1. The molecule has 0 spiro atoms. The summed E-state index contributed by atoms with van der Waals surface area (Å²) >= 11 is 2.08. The zero-order valence-corrected chi connectivity index (χ0v) is 15.9. The van der Waals surface area contributed by atoms with E-state index in [-0.39, 0.29) is 24.7 Å². The van der Waals surface area contributed by atoms with Crippen molar-refractivity contribution in [2.45, 2.75) is 26.1 Å². The van der Waals surface area contributed by atoms with E-state index in [1.807, 2.05) is 6.07 Å². The molecule has 2 aromatic carbocycles. The monoisotopic (exact) mass is 463 g/mol. The fourth-order valence-corrected chi connectivity index (χ4v) is 3.04. The summed E-state index contributed by atoms with van der Waals surface area (Å²) in [6.07, 6.45) is -4.35. The summed E-state index contributed by atoms with van der Waals surface area (Å²) in [6, 6.07) is 9.37. The number of amides is 1. The average Bonchev–Trinajstić information content (AvgIpc) is 2.54. The summed E-state index contributed by atoms with van der Waals surface area (Å²) < 4.78 is 45.9. The molecule has 0 radical (unpaired) electrons. The lowest BCUT2D eigenvalue weighted by atomic mass is 10.0. The van der Waals surface area contributed by atoms with E-state index in [2.05, 4.69) is 27.9 Å². The van der Waals surface area contributed by atoms with Crippen LogP contribution in [0.1, 0.15) is 22.3 Å². The van der Waals surface area contributed by atoms with Gasteiger partial charge in [0.1, 0.15) is 12.4 Å². The van der Waals surface area contributed by atoms with Gasteiger partial charge in [0, 0.05) is 16.2 Å². The number of carbonyl (C=O) groups is 1. The van der Waals surface area contributed by atoms with Crippen molar-refractivity contribution >= 4 is 28.5 Å². The molecule has 0 aliphatic heterocycles. The fourth-order valence-electron chi connectivity index (χ4n) is 2.33. The number of likely N-dealkylation sites (N-methyl/N-ethyl adjacent to an activating group) is 1. The maximum Gasteiger partial charge on any atom is 0.419 e. The Morgan fingerprint density at radius 3 is 2.60 bits per heavy atom. The number of rotatable bonds is 5. The summed E-state index contributed by atoms with van der Waals surface area (Å²) in [5.41, 5.74) is 1.15. The quantitative estimate of drug-likeness (QED) is 0.665. The van der Waals surface area contributed by atoms with Gasteiger partial charge in [-0.1, -0.05) is 23.8 Å². The Labute approximate surface area is 157 Å². The highest BCUT2D eigenvalue weighted by Crippen LogP contribution is 2.37. The predicted octanol–water partition coefficient (Wildman–Crippen LogP) is 4.49. The van der Waals surface area contributed by atoms with E-state index in [0.717, 1.165) is 15.2 Å². The second kappa shape index (κ2) is 8.07. The SMILES string of the molecule is CNC(=O)Cc1cccc(I)c1COc1ccc(C)cc1C(F)(F)F. The molecule has 0 saturated heterocycles. The summed E-state index contributed by atoms with van der Waals surface area (Å²) in [4.78, 5) is 11.6. The lowest BCUT2D eigenvalue weighted by Crippen LogP contribution is -2.21. The van der Waals surface area contributed by atoms with Crippen molar-refractivity contribution in [1.29, 1.82) is 0 Å². The molecule has 7 heteroatoms. The molecule has 3 nitrogen and oxygen atoms in total. The Morgan fingerprint density at radius 2 is 1.96 bits per heavy atom. The van der Waals surface area contributed by atoms with Crippen molar-refractivity contribution in [3.8, 4) is 5.75 Å². The van der Waals surface area contributed by atoms with Crippen LogP contribution in [-0.4, -0.2) is 13.0 Å². The van der Waals surface area contributed by atoms with Crippen molar-refractivity contribution in [1.82, 2.24) is 5.32 Å². The number of ether oxygens (including phenoxy) is 1. The van der Waals surface area contributed by atoms with E-state index in [0.29, 0.717) is 11.1 Å². The highest BCUT2D eigenvalue weighted by atomic mass is 127. The van der Waals surface area contributed by atoms with Crippen molar-refractivity contribution in [3.05, 3.63) is 62.2 Å². The van der Waals surface area contributed by atoms with Gasteiger partial charge in [0.15, 0.2) is 0 Å².